The molecular formula is C20H18Cl2N6O2. The maximum absolute atomic E-state index is 12.6. The Morgan fingerprint density at radius 2 is 1.60 bits per heavy atom. The number of piperazine rings is 1. The molecule has 10 heteroatoms. The maximum atomic E-state index is 12.6. The molecule has 0 radical (unpaired) electrons. The van der Waals surface area contributed by atoms with Gasteiger partial charge in [0.25, 0.3) is 5.91 Å². The molecule has 2 heterocycles. The standard InChI is InChI=1S/C20H18Cl2N6O2/c21-16-6-4-14(5-7-16)19-23-25-28(24-19)13-18(29)26-8-10-27(11-9-26)20(30)15-2-1-3-17(22)12-15/h1-7,12H,8-11,13H2. The van der Waals surface area contributed by atoms with Crippen LogP contribution in [0.4, 0.5) is 0 Å². The molecule has 0 spiro atoms. The van der Waals surface area contributed by atoms with Crippen LogP contribution in [-0.4, -0.2) is 68.0 Å². The Kier molecular flexibility index (Phi) is 5.96. The van der Waals surface area contributed by atoms with Crippen LogP contribution in [0, 0.1) is 0 Å². The second-order valence-electron chi connectivity index (χ2n) is 6.83. The predicted molar refractivity (Wildman–Crippen MR) is 112 cm³/mol. The van der Waals surface area contributed by atoms with Crippen LogP contribution in [0.25, 0.3) is 11.4 Å². The summed E-state index contributed by atoms with van der Waals surface area (Å²) < 4.78 is 0. The van der Waals surface area contributed by atoms with E-state index >= 15 is 0 Å². The van der Waals surface area contributed by atoms with Crippen molar-refractivity contribution >= 4 is 35.0 Å². The van der Waals surface area contributed by atoms with Crippen LogP contribution in [0.1, 0.15) is 10.4 Å². The van der Waals surface area contributed by atoms with Crippen molar-refractivity contribution in [3.05, 3.63) is 64.1 Å². The van der Waals surface area contributed by atoms with Crippen LogP contribution in [0.2, 0.25) is 10.0 Å². The number of nitrogens with zero attached hydrogens (tertiary/aromatic N) is 6. The highest BCUT2D eigenvalue weighted by Crippen LogP contribution is 2.17. The smallest absolute Gasteiger partial charge is 0.254 e. The Labute approximate surface area is 183 Å². The van der Waals surface area contributed by atoms with Gasteiger partial charge in [0.2, 0.25) is 11.7 Å². The molecule has 8 nitrogen and oxygen atoms in total. The first-order valence-electron chi connectivity index (χ1n) is 9.36. The largest absolute Gasteiger partial charge is 0.337 e. The highest BCUT2D eigenvalue weighted by Gasteiger charge is 2.25. The highest BCUT2D eigenvalue weighted by molar-refractivity contribution is 6.31. The Hall–Kier alpha value is -2.97. The fourth-order valence-electron chi connectivity index (χ4n) is 3.21. The van der Waals surface area contributed by atoms with Crippen molar-refractivity contribution in [2.75, 3.05) is 26.2 Å². The van der Waals surface area contributed by atoms with Crippen molar-refractivity contribution in [1.29, 1.82) is 0 Å². The van der Waals surface area contributed by atoms with Crippen LogP contribution in [0.3, 0.4) is 0 Å². The lowest BCUT2D eigenvalue weighted by Crippen LogP contribution is -2.51. The minimum absolute atomic E-state index is 0.0111. The van der Waals surface area contributed by atoms with E-state index < -0.39 is 0 Å². The molecule has 1 aliphatic rings. The summed E-state index contributed by atoms with van der Waals surface area (Å²) in [4.78, 5) is 29.9. The minimum atomic E-state index is -0.120. The van der Waals surface area contributed by atoms with Gasteiger partial charge in [0.05, 0.1) is 0 Å². The molecule has 1 aliphatic heterocycles. The molecule has 2 aromatic carbocycles. The number of tetrazole rings is 1. The fraction of sp³-hybridized carbons (Fsp3) is 0.250. The van der Waals surface area contributed by atoms with E-state index in [2.05, 4.69) is 15.4 Å². The van der Waals surface area contributed by atoms with Crippen LogP contribution in [0.15, 0.2) is 48.5 Å². The molecule has 3 aromatic rings. The van der Waals surface area contributed by atoms with Gasteiger partial charge in [0, 0.05) is 47.4 Å². The van der Waals surface area contributed by atoms with Gasteiger partial charge in [-0.05, 0) is 47.7 Å². The summed E-state index contributed by atoms with van der Waals surface area (Å²) in [6, 6.07) is 13.9. The Bertz CT molecular complexity index is 1060. The summed E-state index contributed by atoms with van der Waals surface area (Å²) in [5, 5.41) is 13.4. The Morgan fingerprint density at radius 1 is 0.900 bits per heavy atom. The summed E-state index contributed by atoms with van der Waals surface area (Å²) in [6.45, 7) is 1.80. The number of rotatable bonds is 4. The third kappa shape index (κ3) is 4.60. The lowest BCUT2D eigenvalue weighted by Gasteiger charge is -2.34. The second-order valence-corrected chi connectivity index (χ2v) is 7.71. The molecule has 0 N–H and O–H groups in total. The van der Waals surface area contributed by atoms with E-state index in [1.807, 2.05) is 0 Å². The van der Waals surface area contributed by atoms with Crippen molar-refractivity contribution in [1.82, 2.24) is 30.0 Å². The number of aromatic nitrogens is 4. The first kappa shape index (κ1) is 20.3. The van der Waals surface area contributed by atoms with Crippen LogP contribution >= 0.6 is 23.2 Å². The van der Waals surface area contributed by atoms with E-state index in [-0.39, 0.29) is 18.4 Å². The number of hydrogen-bond acceptors (Lipinski definition) is 5. The van der Waals surface area contributed by atoms with Crippen molar-refractivity contribution in [3.8, 4) is 11.4 Å². The molecule has 0 bridgehead atoms. The van der Waals surface area contributed by atoms with Gasteiger partial charge in [-0.15, -0.1) is 10.2 Å². The average molecular weight is 445 g/mol. The van der Waals surface area contributed by atoms with E-state index in [4.69, 9.17) is 23.2 Å². The Balaban J connectivity index is 1.32. The number of halogens is 2. The zero-order chi connectivity index (χ0) is 21.1. The van der Waals surface area contributed by atoms with Crippen molar-refractivity contribution in [2.24, 2.45) is 0 Å². The summed E-state index contributed by atoms with van der Waals surface area (Å²) >= 11 is 11.9. The number of amides is 2. The summed E-state index contributed by atoms with van der Waals surface area (Å²) in [7, 11) is 0. The normalized spacial score (nSPS) is 14.1. The van der Waals surface area contributed by atoms with E-state index in [9.17, 15) is 9.59 Å². The van der Waals surface area contributed by atoms with Crippen LogP contribution < -0.4 is 0 Å². The van der Waals surface area contributed by atoms with Gasteiger partial charge in [-0.2, -0.15) is 4.80 Å². The molecule has 1 aromatic heterocycles. The zero-order valence-corrected chi connectivity index (χ0v) is 17.4. The molecule has 1 fully saturated rings. The monoisotopic (exact) mass is 444 g/mol. The van der Waals surface area contributed by atoms with E-state index in [0.717, 1.165) is 5.56 Å². The lowest BCUT2D eigenvalue weighted by atomic mass is 10.2. The van der Waals surface area contributed by atoms with E-state index in [0.29, 0.717) is 47.6 Å². The molecule has 0 saturated carbocycles. The van der Waals surface area contributed by atoms with Crippen molar-refractivity contribution in [3.63, 3.8) is 0 Å². The second kappa shape index (κ2) is 8.81. The van der Waals surface area contributed by atoms with Gasteiger partial charge in [-0.25, -0.2) is 0 Å². The van der Waals surface area contributed by atoms with Gasteiger partial charge in [0.15, 0.2) is 0 Å². The first-order chi connectivity index (χ1) is 14.5. The topological polar surface area (TPSA) is 84.2 Å². The van der Waals surface area contributed by atoms with Crippen LogP contribution in [-0.2, 0) is 11.3 Å². The molecule has 154 valence electrons. The molecule has 0 unspecified atom stereocenters. The highest BCUT2D eigenvalue weighted by atomic mass is 35.5. The average Bonchev–Trinajstić information content (AvgIpc) is 3.22. The number of carbonyl (C=O) groups excluding carboxylic acids is 2. The SMILES string of the molecule is O=C(Cn1nnc(-c2ccc(Cl)cc2)n1)N1CCN(C(=O)c2cccc(Cl)c2)CC1. The molecule has 0 aliphatic carbocycles. The molecule has 30 heavy (non-hydrogen) atoms. The lowest BCUT2D eigenvalue weighted by molar-refractivity contribution is -0.133. The minimum Gasteiger partial charge on any atom is -0.337 e. The van der Waals surface area contributed by atoms with Gasteiger partial charge >= 0.3 is 0 Å². The zero-order valence-electron chi connectivity index (χ0n) is 15.9. The quantitative estimate of drug-likeness (QED) is 0.617. The number of hydrogen-bond donors (Lipinski definition) is 0. The molecular weight excluding hydrogens is 427 g/mol. The Morgan fingerprint density at radius 3 is 2.30 bits per heavy atom. The molecule has 1 saturated heterocycles. The van der Waals surface area contributed by atoms with Gasteiger partial charge in [-0.3, -0.25) is 9.59 Å². The van der Waals surface area contributed by atoms with Crippen molar-refractivity contribution in [2.45, 2.75) is 6.54 Å². The number of benzene rings is 2. The maximum Gasteiger partial charge on any atom is 0.254 e. The number of carbonyl (C=O) groups is 2. The van der Waals surface area contributed by atoms with E-state index in [1.165, 1.54) is 4.80 Å². The van der Waals surface area contributed by atoms with Gasteiger partial charge in [-0.1, -0.05) is 29.3 Å². The molecule has 4 rings (SSSR count). The summed E-state index contributed by atoms with van der Waals surface area (Å²) in [6.07, 6.45) is 0. The molecule has 0 atom stereocenters. The summed E-state index contributed by atoms with van der Waals surface area (Å²) in [5.74, 6) is 0.219. The van der Waals surface area contributed by atoms with E-state index in [1.54, 1.807) is 58.3 Å². The van der Waals surface area contributed by atoms with Gasteiger partial charge in [0.1, 0.15) is 6.54 Å². The summed E-state index contributed by atoms with van der Waals surface area (Å²) in [5.41, 5.74) is 1.31. The fourth-order valence-corrected chi connectivity index (χ4v) is 3.53. The predicted octanol–water partition coefficient (Wildman–Crippen LogP) is 2.63. The third-order valence-corrected chi connectivity index (χ3v) is 5.31. The van der Waals surface area contributed by atoms with Crippen LogP contribution in [0.5, 0.6) is 0 Å². The molecule has 2 amide bonds. The van der Waals surface area contributed by atoms with Crippen molar-refractivity contribution < 1.29 is 9.59 Å². The third-order valence-electron chi connectivity index (χ3n) is 4.82. The van der Waals surface area contributed by atoms with Gasteiger partial charge < -0.3 is 9.80 Å². The first-order valence-corrected chi connectivity index (χ1v) is 10.1.